The molecular weight excluding hydrogens is 408 g/mol. The van der Waals surface area contributed by atoms with Gasteiger partial charge in [-0.3, -0.25) is 4.79 Å². The lowest BCUT2D eigenvalue weighted by Crippen LogP contribution is -2.18. The predicted octanol–water partition coefficient (Wildman–Crippen LogP) is 4.13. The van der Waals surface area contributed by atoms with Crippen LogP contribution in [0.5, 0.6) is 0 Å². The molecule has 0 saturated carbocycles. The molecule has 1 aromatic heterocycles. The summed E-state index contributed by atoms with van der Waals surface area (Å²) in [6.07, 6.45) is 3.27. The maximum atomic E-state index is 13.3. The zero-order valence-electron chi connectivity index (χ0n) is 17.6. The third-order valence-electron chi connectivity index (χ3n) is 4.74. The van der Waals surface area contributed by atoms with Gasteiger partial charge in [-0.25, -0.2) is 18.7 Å². The average molecular weight is 433 g/mol. The third kappa shape index (κ3) is 5.75. The van der Waals surface area contributed by atoms with Gasteiger partial charge in [0.15, 0.2) is 6.29 Å². The summed E-state index contributed by atoms with van der Waals surface area (Å²) in [5.41, 5.74) is 2.54. The Bertz CT molecular complexity index is 941. The maximum absolute atomic E-state index is 13.3. The van der Waals surface area contributed by atoms with E-state index in [4.69, 9.17) is 25.8 Å². The van der Waals surface area contributed by atoms with Crippen LogP contribution in [0, 0.1) is 26.2 Å². The minimum absolute atomic E-state index is 0.0321. The summed E-state index contributed by atoms with van der Waals surface area (Å²) < 4.78 is 37.9. The molecule has 0 radical (unpaired) electrons. The number of ether oxygens (including phenoxy) is 2. The Hall–Kier alpha value is -3.09. The molecule has 0 amide bonds. The van der Waals surface area contributed by atoms with Gasteiger partial charge in [0.2, 0.25) is 0 Å². The van der Waals surface area contributed by atoms with Crippen LogP contribution in [0.2, 0.25) is 0 Å². The zero-order valence-corrected chi connectivity index (χ0v) is 17.6. The van der Waals surface area contributed by atoms with Gasteiger partial charge in [-0.15, -0.1) is 6.42 Å². The molecule has 2 N–H and O–H groups in total. The number of carbonyl (C=O) groups is 1. The van der Waals surface area contributed by atoms with Crippen LogP contribution in [-0.2, 0) is 20.7 Å². The second-order valence-electron chi connectivity index (χ2n) is 6.62. The molecule has 2 aromatic rings. The molecule has 0 bridgehead atoms. The highest BCUT2D eigenvalue weighted by Gasteiger charge is 2.28. The first-order valence-corrected chi connectivity index (χ1v) is 9.66. The van der Waals surface area contributed by atoms with Crippen LogP contribution < -0.4 is 5.32 Å². The van der Waals surface area contributed by atoms with Crippen LogP contribution in [0.15, 0.2) is 18.2 Å². The molecule has 1 aliphatic heterocycles. The Balaban J connectivity index is 0.00000107. The molecule has 0 spiro atoms. The number of aryl methyl sites for hydroxylation is 2. The molecule has 1 saturated heterocycles. The highest BCUT2D eigenvalue weighted by Crippen LogP contribution is 2.34. The topological polar surface area (TPSA) is 93.6 Å². The summed E-state index contributed by atoms with van der Waals surface area (Å²) in [4.78, 5) is 17.4. The molecule has 1 unspecified atom stereocenters. The molecule has 166 valence electrons. The molecular formula is C22H25F2N3O4. The highest BCUT2D eigenvalue weighted by atomic mass is 19.3. The highest BCUT2D eigenvalue weighted by molar-refractivity contribution is 5.53. The van der Waals surface area contributed by atoms with E-state index < -0.39 is 18.8 Å². The number of carboxylic acid groups (broad SMARTS) is 1. The first-order valence-electron chi connectivity index (χ1n) is 9.66. The van der Waals surface area contributed by atoms with E-state index in [1.54, 1.807) is 26.0 Å². The number of nitrogens with one attached hydrogen (secondary N) is 1. The zero-order chi connectivity index (χ0) is 23.0. The van der Waals surface area contributed by atoms with E-state index >= 15 is 0 Å². The summed E-state index contributed by atoms with van der Waals surface area (Å²) in [6, 6.07) is 4.10. The van der Waals surface area contributed by atoms with Crippen molar-refractivity contribution in [2.45, 2.75) is 45.9 Å². The molecule has 1 fully saturated rings. The van der Waals surface area contributed by atoms with Gasteiger partial charge in [-0.1, -0.05) is 31.0 Å². The van der Waals surface area contributed by atoms with Gasteiger partial charge >= 0.3 is 0 Å². The standard InChI is InChI=1S/C21H23F2N3O2.CH2O2/c1-5-16(14-8-7-9-15(12(14)3)19(22)23)26-20-18(21-27-10-11-28-21)17(6-2)24-13(4)25-20;2-1-3/h1,7-9,16,19,21H,6,10-11H2,2-4H3,(H,24,25,26);1H,(H,2,3). The van der Waals surface area contributed by atoms with Gasteiger partial charge in [-0.05, 0) is 31.4 Å². The van der Waals surface area contributed by atoms with Crippen molar-refractivity contribution < 1.29 is 28.2 Å². The van der Waals surface area contributed by atoms with Gasteiger partial charge < -0.3 is 19.9 Å². The largest absolute Gasteiger partial charge is 0.483 e. The number of aromatic nitrogens is 2. The number of hydrogen-bond acceptors (Lipinski definition) is 6. The molecule has 9 heteroatoms. The summed E-state index contributed by atoms with van der Waals surface area (Å²) >= 11 is 0. The van der Waals surface area contributed by atoms with Crippen LogP contribution in [0.3, 0.4) is 0 Å². The number of anilines is 1. The molecule has 1 aromatic carbocycles. The van der Waals surface area contributed by atoms with Gasteiger partial charge in [-0.2, -0.15) is 0 Å². The summed E-state index contributed by atoms with van der Waals surface area (Å²) in [7, 11) is 0. The Labute approximate surface area is 179 Å². The fourth-order valence-electron chi connectivity index (χ4n) is 3.36. The number of nitrogens with zero attached hydrogens (tertiary/aromatic N) is 2. The Morgan fingerprint density at radius 1 is 1.29 bits per heavy atom. The summed E-state index contributed by atoms with van der Waals surface area (Å²) in [5, 5.41) is 10.1. The summed E-state index contributed by atoms with van der Waals surface area (Å²) in [6.45, 7) is 6.14. The minimum Gasteiger partial charge on any atom is -0.483 e. The smallest absolute Gasteiger partial charge is 0.290 e. The average Bonchev–Trinajstić information content (AvgIpc) is 3.26. The Kier molecular flexibility index (Phi) is 8.85. The molecule has 1 atom stereocenters. The van der Waals surface area contributed by atoms with Crippen LogP contribution in [0.25, 0.3) is 0 Å². The van der Waals surface area contributed by atoms with Crippen molar-refractivity contribution in [1.82, 2.24) is 9.97 Å². The van der Waals surface area contributed by atoms with Crippen molar-refractivity contribution in [2.24, 2.45) is 0 Å². The van der Waals surface area contributed by atoms with Gasteiger partial charge in [0, 0.05) is 5.56 Å². The Morgan fingerprint density at radius 3 is 2.45 bits per heavy atom. The van der Waals surface area contributed by atoms with Crippen molar-refractivity contribution in [3.05, 3.63) is 52.0 Å². The van der Waals surface area contributed by atoms with Crippen LogP contribution in [0.1, 0.15) is 59.5 Å². The quantitative estimate of drug-likeness (QED) is 0.523. The van der Waals surface area contributed by atoms with E-state index in [1.165, 1.54) is 6.07 Å². The van der Waals surface area contributed by atoms with Crippen molar-refractivity contribution in [2.75, 3.05) is 18.5 Å². The molecule has 1 aliphatic rings. The minimum atomic E-state index is -2.57. The normalized spacial score (nSPS) is 14.5. The summed E-state index contributed by atoms with van der Waals surface area (Å²) in [5.74, 6) is 3.73. The lowest BCUT2D eigenvalue weighted by atomic mass is 9.97. The lowest BCUT2D eigenvalue weighted by Gasteiger charge is -2.23. The van der Waals surface area contributed by atoms with E-state index in [1.807, 2.05) is 6.92 Å². The second-order valence-corrected chi connectivity index (χ2v) is 6.62. The number of rotatable bonds is 6. The van der Waals surface area contributed by atoms with E-state index in [0.717, 1.165) is 5.69 Å². The van der Waals surface area contributed by atoms with Gasteiger partial charge in [0.1, 0.15) is 17.7 Å². The van der Waals surface area contributed by atoms with Crippen LogP contribution in [-0.4, -0.2) is 34.8 Å². The number of benzene rings is 1. The molecule has 3 rings (SSSR count). The number of hydrogen-bond donors (Lipinski definition) is 2. The van der Waals surface area contributed by atoms with Gasteiger partial charge in [0.25, 0.3) is 12.9 Å². The lowest BCUT2D eigenvalue weighted by molar-refractivity contribution is -0.122. The van der Waals surface area contributed by atoms with Crippen LogP contribution in [0.4, 0.5) is 14.6 Å². The van der Waals surface area contributed by atoms with Crippen molar-refractivity contribution in [1.29, 1.82) is 0 Å². The Morgan fingerprint density at radius 2 is 1.90 bits per heavy atom. The number of alkyl halides is 2. The number of halogens is 2. The van der Waals surface area contributed by atoms with Crippen molar-refractivity contribution in [3.63, 3.8) is 0 Å². The van der Waals surface area contributed by atoms with E-state index in [9.17, 15) is 8.78 Å². The molecule has 31 heavy (non-hydrogen) atoms. The van der Waals surface area contributed by atoms with Crippen molar-refractivity contribution >= 4 is 12.3 Å². The fraction of sp³-hybridized carbons (Fsp3) is 0.409. The fourth-order valence-corrected chi connectivity index (χ4v) is 3.36. The monoisotopic (exact) mass is 433 g/mol. The number of terminal acetylenes is 1. The predicted molar refractivity (Wildman–Crippen MR) is 111 cm³/mol. The molecule has 7 nitrogen and oxygen atoms in total. The van der Waals surface area contributed by atoms with Crippen LogP contribution >= 0.6 is 0 Å². The second kappa shape index (κ2) is 11.3. The van der Waals surface area contributed by atoms with Gasteiger partial charge in [0.05, 0.1) is 24.5 Å². The molecule has 2 heterocycles. The molecule has 0 aliphatic carbocycles. The van der Waals surface area contributed by atoms with E-state index in [2.05, 4.69) is 21.2 Å². The van der Waals surface area contributed by atoms with E-state index in [0.29, 0.717) is 48.0 Å². The first kappa shape index (κ1) is 24.2. The maximum Gasteiger partial charge on any atom is 0.290 e. The van der Waals surface area contributed by atoms with Crippen molar-refractivity contribution in [3.8, 4) is 12.3 Å². The van der Waals surface area contributed by atoms with E-state index in [-0.39, 0.29) is 12.0 Å². The third-order valence-corrected chi connectivity index (χ3v) is 4.74. The first-order chi connectivity index (χ1) is 14.9. The SMILES string of the molecule is C#CC(Nc1nc(C)nc(CC)c1C1OCCO1)c1cccc(C(F)F)c1C.O=CO.